The van der Waals surface area contributed by atoms with Gasteiger partial charge in [-0.3, -0.25) is 14.1 Å². The van der Waals surface area contributed by atoms with E-state index in [4.69, 9.17) is 9.40 Å². The number of benzene rings is 4. The Morgan fingerprint density at radius 1 is 0.581 bits per heavy atom. The van der Waals surface area contributed by atoms with Crippen molar-refractivity contribution >= 4 is 65.7 Å². The van der Waals surface area contributed by atoms with Gasteiger partial charge in [-0.25, -0.2) is 4.98 Å². The number of nitriles is 2. The third kappa shape index (κ3) is 3.16. The molecule has 9 aromatic rings. The molecule has 0 radical (unpaired) electrons. The van der Waals surface area contributed by atoms with E-state index in [2.05, 4.69) is 50.5 Å². The molecule has 0 unspecified atom stereocenters. The van der Waals surface area contributed by atoms with Crippen LogP contribution in [0, 0.1) is 22.7 Å². The van der Waals surface area contributed by atoms with Crippen LogP contribution in [0.4, 0.5) is 0 Å². The molecule has 0 spiro atoms. The Morgan fingerprint density at radius 3 is 1.95 bits per heavy atom. The van der Waals surface area contributed by atoms with Crippen molar-refractivity contribution in [3.05, 3.63) is 120 Å². The van der Waals surface area contributed by atoms with Crippen molar-refractivity contribution < 1.29 is 4.42 Å². The number of rotatable bonds is 2. The number of hydrogen-bond acceptors (Lipinski definition) is 5. The average molecular weight is 551 g/mol. The first kappa shape index (κ1) is 23.3. The summed E-state index contributed by atoms with van der Waals surface area (Å²) in [6, 6.07) is 38.1. The molecule has 4 aromatic carbocycles. The number of para-hydroxylation sites is 1. The molecule has 5 heterocycles. The zero-order valence-corrected chi connectivity index (χ0v) is 22.5. The molecular weight excluding hydrogens is 532 g/mol. The van der Waals surface area contributed by atoms with Crippen LogP contribution in [-0.2, 0) is 0 Å². The van der Waals surface area contributed by atoms with Gasteiger partial charge in [-0.15, -0.1) is 0 Å². The van der Waals surface area contributed by atoms with Gasteiger partial charge >= 0.3 is 0 Å². The second kappa shape index (κ2) is 8.53. The van der Waals surface area contributed by atoms with Gasteiger partial charge in [0.05, 0.1) is 50.7 Å². The number of nitrogens with zero attached hydrogens (tertiary/aromatic N) is 6. The molecule has 0 N–H and O–H groups in total. The molecule has 0 amide bonds. The Balaban J connectivity index is 1.35. The minimum atomic E-state index is 0.563. The summed E-state index contributed by atoms with van der Waals surface area (Å²) in [5, 5.41) is 24.0. The summed E-state index contributed by atoms with van der Waals surface area (Å²) in [4.78, 5) is 9.80. The highest BCUT2D eigenvalue weighted by Gasteiger charge is 2.20. The summed E-state index contributed by atoms with van der Waals surface area (Å²) in [5.41, 5.74) is 7.36. The molecule has 7 nitrogen and oxygen atoms in total. The average Bonchev–Trinajstić information content (AvgIpc) is 3.71. The molecule has 198 valence electrons. The maximum Gasteiger partial charge on any atom is 0.153 e. The lowest BCUT2D eigenvalue weighted by molar-refractivity contribution is 0.672. The summed E-state index contributed by atoms with van der Waals surface area (Å²) in [5.74, 6) is 1.49. The molecule has 0 fully saturated rings. The summed E-state index contributed by atoms with van der Waals surface area (Å²) >= 11 is 0. The van der Waals surface area contributed by atoms with Crippen molar-refractivity contribution in [2.24, 2.45) is 0 Å². The summed E-state index contributed by atoms with van der Waals surface area (Å²) in [7, 11) is 0. The molecule has 9 rings (SSSR count). The van der Waals surface area contributed by atoms with E-state index in [1.54, 1.807) is 6.20 Å². The summed E-state index contributed by atoms with van der Waals surface area (Å²) in [6.07, 6.45) is 1.79. The Bertz CT molecular complexity index is 2640. The predicted octanol–water partition coefficient (Wildman–Crippen LogP) is 8.31. The monoisotopic (exact) mass is 550 g/mol. The highest BCUT2D eigenvalue weighted by molar-refractivity contribution is 6.23. The van der Waals surface area contributed by atoms with Crippen LogP contribution in [-0.4, -0.2) is 19.1 Å². The van der Waals surface area contributed by atoms with Gasteiger partial charge in [0.1, 0.15) is 22.7 Å². The van der Waals surface area contributed by atoms with Crippen molar-refractivity contribution in [1.29, 1.82) is 10.5 Å². The van der Waals surface area contributed by atoms with Gasteiger partial charge in [0, 0.05) is 27.7 Å². The van der Waals surface area contributed by atoms with Gasteiger partial charge in [0.25, 0.3) is 0 Å². The zero-order chi connectivity index (χ0) is 28.7. The largest absolute Gasteiger partial charge is 0.454 e. The van der Waals surface area contributed by atoms with Crippen molar-refractivity contribution in [1.82, 2.24) is 19.1 Å². The van der Waals surface area contributed by atoms with Gasteiger partial charge in [0.15, 0.2) is 5.58 Å². The van der Waals surface area contributed by atoms with E-state index in [0.29, 0.717) is 11.1 Å². The van der Waals surface area contributed by atoms with E-state index in [1.165, 1.54) is 0 Å². The van der Waals surface area contributed by atoms with E-state index in [0.717, 1.165) is 77.3 Å². The minimum absolute atomic E-state index is 0.563. The fourth-order valence-electron chi connectivity index (χ4n) is 6.42. The van der Waals surface area contributed by atoms with Crippen LogP contribution in [0.1, 0.15) is 11.1 Å². The van der Waals surface area contributed by atoms with Crippen LogP contribution in [0.25, 0.3) is 77.3 Å². The normalized spacial score (nSPS) is 11.7. The van der Waals surface area contributed by atoms with Crippen molar-refractivity contribution in [3.8, 4) is 23.8 Å². The first-order valence-corrected chi connectivity index (χ1v) is 13.8. The van der Waals surface area contributed by atoms with Crippen molar-refractivity contribution in [2.75, 3.05) is 0 Å². The van der Waals surface area contributed by atoms with E-state index in [-0.39, 0.29) is 0 Å². The molecule has 0 aliphatic carbocycles. The van der Waals surface area contributed by atoms with Crippen LogP contribution in [0.15, 0.2) is 114 Å². The van der Waals surface area contributed by atoms with Gasteiger partial charge in [-0.05, 0) is 78.9 Å². The van der Waals surface area contributed by atoms with Crippen LogP contribution in [0.3, 0.4) is 0 Å². The SMILES string of the molecule is N#Cc1ccc2c(c1)c1cc(C#N)ccc1n2-c1cccc(-n2c3ccccc3c3c4oc5cccnc5c4ccc32)n1. The number of pyridine rings is 2. The Hall–Kier alpha value is -6.44. The highest BCUT2D eigenvalue weighted by Crippen LogP contribution is 2.40. The Labute approximate surface area is 243 Å². The number of furan rings is 1. The van der Waals surface area contributed by atoms with E-state index in [1.807, 2.05) is 78.9 Å². The Kier molecular flexibility index (Phi) is 4.62. The molecule has 43 heavy (non-hydrogen) atoms. The third-order valence-electron chi connectivity index (χ3n) is 8.23. The molecule has 0 aliphatic heterocycles. The minimum Gasteiger partial charge on any atom is -0.454 e. The van der Waals surface area contributed by atoms with Crippen LogP contribution in [0.5, 0.6) is 0 Å². The van der Waals surface area contributed by atoms with Crippen LogP contribution >= 0.6 is 0 Å². The van der Waals surface area contributed by atoms with E-state index in [9.17, 15) is 10.5 Å². The highest BCUT2D eigenvalue weighted by atomic mass is 16.3. The van der Waals surface area contributed by atoms with Crippen LogP contribution in [0.2, 0.25) is 0 Å². The smallest absolute Gasteiger partial charge is 0.153 e. The molecule has 0 bridgehead atoms. The quantitative estimate of drug-likeness (QED) is 0.216. The molecule has 0 atom stereocenters. The topological polar surface area (TPSA) is 96.4 Å². The zero-order valence-electron chi connectivity index (χ0n) is 22.5. The van der Waals surface area contributed by atoms with Gasteiger partial charge < -0.3 is 4.42 Å². The maximum atomic E-state index is 9.58. The standard InChI is InChI=1S/C36H18N6O/c37-19-21-10-13-28-25(17-21)26-18-22(20-38)11-14-29(26)41(28)32-8-3-9-33(40-32)42-27-6-2-1-5-23(27)34-30(42)15-12-24-35-31(43-36(24)34)7-4-16-39-35/h1-18H. The molecule has 5 aromatic heterocycles. The van der Waals surface area contributed by atoms with Crippen molar-refractivity contribution in [3.63, 3.8) is 0 Å². The first-order valence-electron chi connectivity index (χ1n) is 13.8. The predicted molar refractivity (Wildman–Crippen MR) is 167 cm³/mol. The van der Waals surface area contributed by atoms with Gasteiger partial charge in [-0.1, -0.05) is 24.3 Å². The third-order valence-corrected chi connectivity index (χ3v) is 8.23. The fourth-order valence-corrected chi connectivity index (χ4v) is 6.42. The number of fused-ring (bicyclic) bond motifs is 10. The number of aromatic nitrogens is 4. The van der Waals surface area contributed by atoms with Gasteiger partial charge in [0.2, 0.25) is 0 Å². The molecule has 0 aliphatic rings. The summed E-state index contributed by atoms with van der Waals surface area (Å²) in [6.45, 7) is 0. The van der Waals surface area contributed by atoms with Crippen molar-refractivity contribution in [2.45, 2.75) is 0 Å². The van der Waals surface area contributed by atoms with E-state index < -0.39 is 0 Å². The van der Waals surface area contributed by atoms with Crippen LogP contribution < -0.4 is 0 Å². The molecule has 7 heteroatoms. The maximum absolute atomic E-state index is 9.58. The lowest BCUT2D eigenvalue weighted by Crippen LogP contribution is -2.03. The van der Waals surface area contributed by atoms with E-state index >= 15 is 0 Å². The molecular formula is C36H18N6O. The number of hydrogen-bond donors (Lipinski definition) is 0. The summed E-state index contributed by atoms with van der Waals surface area (Å²) < 4.78 is 10.7. The second-order valence-electron chi connectivity index (χ2n) is 10.5. The van der Waals surface area contributed by atoms with Gasteiger partial charge in [-0.2, -0.15) is 10.5 Å². The molecule has 0 saturated carbocycles. The first-order chi connectivity index (χ1) is 21.2. The Morgan fingerprint density at radius 2 is 1.23 bits per heavy atom. The lowest BCUT2D eigenvalue weighted by atomic mass is 10.1. The second-order valence-corrected chi connectivity index (χ2v) is 10.5. The fraction of sp³-hybridized carbons (Fsp3) is 0. The molecule has 0 saturated heterocycles. The lowest BCUT2D eigenvalue weighted by Gasteiger charge is -2.11.